The second-order valence-electron chi connectivity index (χ2n) is 2.96. The summed E-state index contributed by atoms with van der Waals surface area (Å²) in [5.41, 5.74) is 0. The molecule has 5 heteroatoms. The highest BCUT2D eigenvalue weighted by Gasteiger charge is 2.31. The molecule has 0 aliphatic heterocycles. The van der Waals surface area contributed by atoms with Gasteiger partial charge in [-0.25, -0.2) is 0 Å². The first-order chi connectivity index (χ1) is 5.49. The van der Waals surface area contributed by atoms with Crippen LogP contribution >= 0.6 is 0 Å². The van der Waals surface area contributed by atoms with E-state index in [1.807, 2.05) is 5.32 Å². The van der Waals surface area contributed by atoms with Crippen LogP contribution in [0, 0.1) is 5.92 Å². The molecule has 1 amide bonds. The minimum Gasteiger partial charge on any atom is -0.347 e. The molecule has 0 atom stereocenters. The van der Waals surface area contributed by atoms with Crippen LogP contribution < -0.4 is 5.32 Å². The van der Waals surface area contributed by atoms with Gasteiger partial charge in [-0.15, -0.1) is 0 Å². The van der Waals surface area contributed by atoms with E-state index in [0.717, 1.165) is 19.3 Å². The molecule has 0 radical (unpaired) electrons. The van der Waals surface area contributed by atoms with Crippen LogP contribution in [0.1, 0.15) is 19.3 Å². The van der Waals surface area contributed by atoms with Crippen molar-refractivity contribution in [3.8, 4) is 0 Å². The average molecular weight is 181 g/mol. The molecule has 1 N–H and O–H groups in total. The van der Waals surface area contributed by atoms with Gasteiger partial charge in [-0.1, -0.05) is 6.42 Å². The van der Waals surface area contributed by atoms with Gasteiger partial charge in [-0.05, 0) is 12.8 Å². The van der Waals surface area contributed by atoms with Crippen molar-refractivity contribution in [1.29, 1.82) is 0 Å². The van der Waals surface area contributed by atoms with E-state index in [1.165, 1.54) is 0 Å². The topological polar surface area (TPSA) is 29.1 Å². The highest BCUT2D eigenvalue weighted by Crippen LogP contribution is 2.26. The largest absolute Gasteiger partial charge is 0.405 e. The summed E-state index contributed by atoms with van der Waals surface area (Å²) in [5.74, 6) is -0.633. The van der Waals surface area contributed by atoms with Crippen LogP contribution in [0.4, 0.5) is 13.2 Å². The van der Waals surface area contributed by atoms with Gasteiger partial charge in [0.1, 0.15) is 6.54 Å². The third-order valence-corrected chi connectivity index (χ3v) is 1.94. The van der Waals surface area contributed by atoms with Gasteiger partial charge >= 0.3 is 6.18 Å². The second-order valence-corrected chi connectivity index (χ2v) is 2.96. The Hall–Kier alpha value is -0.740. The van der Waals surface area contributed by atoms with E-state index < -0.39 is 18.6 Å². The molecule has 0 bridgehead atoms. The smallest absolute Gasteiger partial charge is 0.347 e. The summed E-state index contributed by atoms with van der Waals surface area (Å²) in [6.45, 7) is -1.21. The van der Waals surface area contributed by atoms with Crippen molar-refractivity contribution in [2.45, 2.75) is 25.4 Å². The summed E-state index contributed by atoms with van der Waals surface area (Å²) >= 11 is 0. The first kappa shape index (κ1) is 9.35. The van der Waals surface area contributed by atoms with E-state index in [-0.39, 0.29) is 5.92 Å². The van der Waals surface area contributed by atoms with E-state index in [2.05, 4.69) is 0 Å². The van der Waals surface area contributed by atoms with Crippen LogP contribution in [0.15, 0.2) is 0 Å². The molecule has 70 valence electrons. The fraction of sp³-hybridized carbons (Fsp3) is 0.857. The van der Waals surface area contributed by atoms with Crippen LogP contribution in [0.2, 0.25) is 0 Å². The van der Waals surface area contributed by atoms with Crippen molar-refractivity contribution < 1.29 is 18.0 Å². The summed E-state index contributed by atoms with van der Waals surface area (Å²) in [6.07, 6.45) is -1.89. The number of rotatable bonds is 2. The number of hydrogen-bond donors (Lipinski definition) is 1. The maximum absolute atomic E-state index is 11.6. The lowest BCUT2D eigenvalue weighted by atomic mass is 9.85. The van der Waals surface area contributed by atoms with Crippen molar-refractivity contribution in [2.75, 3.05) is 6.54 Å². The predicted octanol–water partition coefficient (Wildman–Crippen LogP) is 1.46. The SMILES string of the molecule is O=C(NCC(F)(F)F)C1CCC1. The quantitative estimate of drug-likeness (QED) is 0.686. The lowest BCUT2D eigenvalue weighted by Gasteiger charge is -2.24. The monoisotopic (exact) mass is 181 g/mol. The first-order valence-corrected chi connectivity index (χ1v) is 3.83. The second kappa shape index (κ2) is 3.33. The van der Waals surface area contributed by atoms with Crippen LogP contribution in [0.25, 0.3) is 0 Å². The van der Waals surface area contributed by atoms with Crippen molar-refractivity contribution in [3.63, 3.8) is 0 Å². The maximum atomic E-state index is 11.6. The van der Waals surface area contributed by atoms with E-state index in [1.54, 1.807) is 0 Å². The summed E-state index contributed by atoms with van der Waals surface area (Å²) in [5, 5.41) is 1.86. The lowest BCUT2D eigenvalue weighted by Crippen LogP contribution is -2.39. The zero-order valence-corrected chi connectivity index (χ0v) is 6.45. The molecule has 2 nitrogen and oxygen atoms in total. The normalized spacial score (nSPS) is 18.6. The first-order valence-electron chi connectivity index (χ1n) is 3.83. The minimum atomic E-state index is -4.29. The number of alkyl halides is 3. The highest BCUT2D eigenvalue weighted by atomic mass is 19.4. The molecule has 1 saturated carbocycles. The molecule has 0 heterocycles. The van der Waals surface area contributed by atoms with Crippen molar-refractivity contribution in [2.24, 2.45) is 5.92 Å². The van der Waals surface area contributed by atoms with Crippen LogP contribution in [-0.4, -0.2) is 18.6 Å². The van der Waals surface area contributed by atoms with Gasteiger partial charge in [-0.3, -0.25) is 4.79 Å². The number of carbonyl (C=O) groups excluding carboxylic acids is 1. The highest BCUT2D eigenvalue weighted by molar-refractivity contribution is 5.79. The Kier molecular flexibility index (Phi) is 2.59. The standard InChI is InChI=1S/C7H10F3NO/c8-7(9,10)4-11-6(12)5-2-1-3-5/h5H,1-4H2,(H,11,12). The minimum absolute atomic E-state index is 0.174. The summed E-state index contributed by atoms with van der Waals surface area (Å²) < 4.78 is 34.8. The van der Waals surface area contributed by atoms with Gasteiger partial charge in [0.2, 0.25) is 5.91 Å². The van der Waals surface area contributed by atoms with Crippen molar-refractivity contribution >= 4 is 5.91 Å². The molecule has 0 aromatic heterocycles. The average Bonchev–Trinajstić information content (AvgIpc) is 1.78. The Morgan fingerprint density at radius 2 is 2.00 bits per heavy atom. The van der Waals surface area contributed by atoms with Gasteiger partial charge in [-0.2, -0.15) is 13.2 Å². The van der Waals surface area contributed by atoms with Crippen LogP contribution in [0.3, 0.4) is 0 Å². The van der Waals surface area contributed by atoms with Crippen LogP contribution in [0.5, 0.6) is 0 Å². The Labute approximate surface area is 68.1 Å². The van der Waals surface area contributed by atoms with E-state index in [9.17, 15) is 18.0 Å². The fourth-order valence-electron chi connectivity index (χ4n) is 1.00. The summed E-state index contributed by atoms with van der Waals surface area (Å²) in [6, 6.07) is 0. The van der Waals surface area contributed by atoms with E-state index in [0.29, 0.717) is 0 Å². The molecule has 0 unspecified atom stereocenters. The molecule has 0 aromatic carbocycles. The van der Waals surface area contributed by atoms with Crippen molar-refractivity contribution in [1.82, 2.24) is 5.32 Å². The maximum Gasteiger partial charge on any atom is 0.405 e. The molecular formula is C7H10F3NO. The van der Waals surface area contributed by atoms with Crippen LogP contribution in [-0.2, 0) is 4.79 Å². The zero-order valence-electron chi connectivity index (χ0n) is 6.45. The summed E-state index contributed by atoms with van der Waals surface area (Å²) in [4.78, 5) is 10.9. The van der Waals surface area contributed by atoms with Gasteiger partial charge in [0.25, 0.3) is 0 Å². The van der Waals surface area contributed by atoms with Gasteiger partial charge in [0.05, 0.1) is 0 Å². The predicted molar refractivity (Wildman–Crippen MR) is 36.4 cm³/mol. The Bertz CT molecular complexity index is 174. The molecule has 0 aromatic rings. The third-order valence-electron chi connectivity index (χ3n) is 1.94. The van der Waals surface area contributed by atoms with Crippen molar-refractivity contribution in [3.05, 3.63) is 0 Å². The number of hydrogen-bond acceptors (Lipinski definition) is 1. The molecule has 0 saturated heterocycles. The third kappa shape index (κ3) is 2.71. The Balaban J connectivity index is 2.18. The zero-order chi connectivity index (χ0) is 9.19. The number of amides is 1. The van der Waals surface area contributed by atoms with Gasteiger partial charge < -0.3 is 5.32 Å². The molecule has 0 spiro atoms. The number of halogens is 3. The molecule has 1 aliphatic rings. The molecule has 1 rings (SSSR count). The Morgan fingerprint density at radius 3 is 2.33 bits per heavy atom. The van der Waals surface area contributed by atoms with Gasteiger partial charge in [0.15, 0.2) is 0 Å². The molecule has 12 heavy (non-hydrogen) atoms. The van der Waals surface area contributed by atoms with E-state index >= 15 is 0 Å². The lowest BCUT2D eigenvalue weighted by molar-refractivity contribution is -0.142. The molecule has 1 aliphatic carbocycles. The number of nitrogens with one attached hydrogen (secondary N) is 1. The Morgan fingerprint density at radius 1 is 1.42 bits per heavy atom. The molecular weight excluding hydrogens is 171 g/mol. The van der Waals surface area contributed by atoms with Gasteiger partial charge in [0, 0.05) is 5.92 Å². The fourth-order valence-corrected chi connectivity index (χ4v) is 1.00. The molecule has 1 fully saturated rings. The number of carbonyl (C=O) groups is 1. The van der Waals surface area contributed by atoms with E-state index in [4.69, 9.17) is 0 Å². The summed E-state index contributed by atoms with van der Waals surface area (Å²) in [7, 11) is 0.